The predicted octanol–water partition coefficient (Wildman–Crippen LogP) is 3.19. The third-order valence-corrected chi connectivity index (χ3v) is 3.76. The lowest BCUT2D eigenvalue weighted by atomic mass is 10.1. The fraction of sp³-hybridized carbons (Fsp3) is 0.364. The number of alkyl carbamates (subject to hydrolysis) is 1. The average Bonchev–Trinajstić information content (AvgIpc) is 2.37. The molecule has 0 spiro atoms. The molecule has 0 saturated heterocycles. The van der Waals surface area contributed by atoms with Gasteiger partial charge in [-0.05, 0) is 12.5 Å². The fourth-order valence-electron chi connectivity index (χ4n) is 1.41. The molecule has 0 aliphatic heterocycles. The van der Waals surface area contributed by atoms with Crippen molar-refractivity contribution in [3.63, 3.8) is 0 Å². The van der Waals surface area contributed by atoms with E-state index in [1.165, 1.54) is 0 Å². The maximum Gasteiger partial charge on any atom is 0.407 e. The molecule has 1 aromatic carbocycles. The van der Waals surface area contributed by atoms with Crippen LogP contribution in [0.3, 0.4) is 0 Å². The van der Waals surface area contributed by atoms with Crippen LogP contribution in [0.25, 0.3) is 0 Å². The Morgan fingerprint density at radius 1 is 1.47 bits per heavy atom. The SMILES string of the molecule is CCOC(=O)NC(c1ccccc1)C(Br)(Br)[N+](=O)[O-]. The van der Waals surface area contributed by atoms with Crippen molar-refractivity contribution in [2.45, 2.75) is 16.3 Å². The van der Waals surface area contributed by atoms with Crippen LogP contribution in [0.15, 0.2) is 30.3 Å². The van der Waals surface area contributed by atoms with Gasteiger partial charge in [-0.15, -0.1) is 0 Å². The Morgan fingerprint density at radius 2 is 2.05 bits per heavy atom. The summed E-state index contributed by atoms with van der Waals surface area (Å²) in [6.07, 6.45) is -0.721. The van der Waals surface area contributed by atoms with Crippen LogP contribution in [-0.2, 0) is 4.74 Å². The molecule has 0 saturated carbocycles. The zero-order valence-corrected chi connectivity index (χ0v) is 13.2. The second-order valence-corrected chi connectivity index (χ2v) is 7.04. The van der Waals surface area contributed by atoms with Crippen molar-refractivity contribution in [1.82, 2.24) is 5.32 Å². The third-order valence-electron chi connectivity index (χ3n) is 2.26. The highest BCUT2D eigenvalue weighted by atomic mass is 79.9. The number of carbonyl (C=O) groups is 1. The lowest BCUT2D eigenvalue weighted by Crippen LogP contribution is -2.43. The van der Waals surface area contributed by atoms with Crippen molar-refractivity contribution in [3.05, 3.63) is 46.0 Å². The first-order chi connectivity index (χ1) is 8.89. The molecule has 0 aliphatic rings. The Kier molecular flexibility index (Phi) is 5.74. The highest BCUT2D eigenvalue weighted by Crippen LogP contribution is 2.40. The van der Waals surface area contributed by atoms with E-state index in [4.69, 9.17) is 4.74 Å². The average molecular weight is 396 g/mol. The summed E-state index contributed by atoms with van der Waals surface area (Å²) in [6, 6.07) is 7.66. The topological polar surface area (TPSA) is 81.5 Å². The van der Waals surface area contributed by atoms with Crippen molar-refractivity contribution in [2.24, 2.45) is 0 Å². The van der Waals surface area contributed by atoms with Crippen LogP contribution in [0.4, 0.5) is 4.79 Å². The molecule has 1 aromatic rings. The van der Waals surface area contributed by atoms with E-state index in [0.29, 0.717) is 5.56 Å². The molecule has 0 aliphatic carbocycles. The molecule has 0 bridgehead atoms. The van der Waals surface area contributed by atoms with Crippen LogP contribution in [0, 0.1) is 10.1 Å². The molecule has 1 amide bonds. The molecule has 1 N–H and O–H groups in total. The molecule has 8 heteroatoms. The summed E-state index contributed by atoms with van der Waals surface area (Å²) in [7, 11) is 0. The van der Waals surface area contributed by atoms with Gasteiger partial charge in [0, 0.05) is 31.9 Å². The maximum absolute atomic E-state index is 11.5. The number of nitrogens with one attached hydrogen (secondary N) is 1. The highest BCUT2D eigenvalue weighted by Gasteiger charge is 2.47. The summed E-state index contributed by atoms with van der Waals surface area (Å²) in [5, 5.41) is 13.6. The van der Waals surface area contributed by atoms with Gasteiger partial charge in [-0.3, -0.25) is 10.1 Å². The molecule has 0 fully saturated rings. The van der Waals surface area contributed by atoms with Crippen LogP contribution < -0.4 is 5.32 Å². The lowest BCUT2D eigenvalue weighted by molar-refractivity contribution is -0.509. The first-order valence-electron chi connectivity index (χ1n) is 5.40. The minimum absolute atomic E-state index is 0.184. The number of benzene rings is 1. The largest absolute Gasteiger partial charge is 0.450 e. The van der Waals surface area contributed by atoms with Crippen molar-refractivity contribution in [1.29, 1.82) is 0 Å². The van der Waals surface area contributed by atoms with Gasteiger partial charge in [0.05, 0.1) is 11.5 Å². The van der Waals surface area contributed by atoms with Crippen LogP contribution in [0.5, 0.6) is 0 Å². The highest BCUT2D eigenvalue weighted by molar-refractivity contribution is 9.25. The first-order valence-corrected chi connectivity index (χ1v) is 6.98. The third kappa shape index (κ3) is 4.17. The Bertz CT molecular complexity index is 453. The summed E-state index contributed by atoms with van der Waals surface area (Å²) < 4.78 is 3.04. The molecule has 19 heavy (non-hydrogen) atoms. The molecule has 6 nitrogen and oxygen atoms in total. The van der Waals surface area contributed by atoms with E-state index in [1.807, 2.05) is 0 Å². The number of hydrogen-bond acceptors (Lipinski definition) is 4. The van der Waals surface area contributed by atoms with Crippen molar-refractivity contribution >= 4 is 38.0 Å². The summed E-state index contributed by atoms with van der Waals surface area (Å²) in [4.78, 5) is 22.0. The van der Waals surface area contributed by atoms with Gasteiger partial charge in [-0.2, -0.15) is 0 Å². The van der Waals surface area contributed by atoms with Gasteiger partial charge in [0.15, 0.2) is 0 Å². The van der Waals surface area contributed by atoms with Gasteiger partial charge in [0.25, 0.3) is 0 Å². The molecule has 104 valence electrons. The predicted molar refractivity (Wildman–Crippen MR) is 76.9 cm³/mol. The van der Waals surface area contributed by atoms with Gasteiger partial charge in [0.1, 0.15) is 6.04 Å². The smallest absolute Gasteiger partial charge is 0.407 e. The molecular weight excluding hydrogens is 384 g/mol. The zero-order chi connectivity index (χ0) is 14.5. The number of nitrogens with zero attached hydrogens (tertiary/aromatic N) is 1. The molecule has 0 radical (unpaired) electrons. The van der Waals surface area contributed by atoms with Gasteiger partial charge >= 0.3 is 9.45 Å². The Balaban J connectivity index is 3.05. The number of rotatable bonds is 5. The number of carbonyl (C=O) groups excluding carboxylic acids is 1. The van der Waals surface area contributed by atoms with E-state index in [9.17, 15) is 14.9 Å². The Hall–Kier alpha value is -1.15. The van der Waals surface area contributed by atoms with Gasteiger partial charge < -0.3 is 10.1 Å². The monoisotopic (exact) mass is 394 g/mol. The second-order valence-electron chi connectivity index (χ2n) is 3.55. The van der Waals surface area contributed by atoms with E-state index >= 15 is 0 Å². The number of nitro groups is 1. The van der Waals surface area contributed by atoms with Crippen LogP contribution in [0.2, 0.25) is 0 Å². The van der Waals surface area contributed by atoms with Crippen molar-refractivity contribution in [3.8, 4) is 0 Å². The summed E-state index contributed by atoms with van der Waals surface area (Å²) in [5.74, 6) is 0. The number of hydrogen-bond donors (Lipinski definition) is 1. The second kappa shape index (κ2) is 6.85. The fourth-order valence-corrected chi connectivity index (χ4v) is 2.17. The standard InChI is InChI=1S/C11H12Br2N2O4/c1-2-19-10(16)14-9(11(12,13)15(17)18)8-6-4-3-5-7-8/h3-7,9H,2H2,1H3,(H,14,16). The molecule has 1 atom stereocenters. The van der Waals surface area contributed by atoms with Gasteiger partial charge in [0.2, 0.25) is 0 Å². The van der Waals surface area contributed by atoms with Crippen LogP contribution in [0.1, 0.15) is 18.5 Å². The molecule has 1 unspecified atom stereocenters. The summed E-state index contributed by atoms with van der Waals surface area (Å²) in [6.45, 7) is 1.84. The first kappa shape index (κ1) is 15.9. The summed E-state index contributed by atoms with van der Waals surface area (Å²) in [5.41, 5.74) is 0.570. The van der Waals surface area contributed by atoms with Crippen molar-refractivity contribution < 1.29 is 14.5 Å². The number of amides is 1. The van der Waals surface area contributed by atoms with Gasteiger partial charge in [-0.1, -0.05) is 30.3 Å². The van der Waals surface area contributed by atoms with Crippen molar-refractivity contribution in [2.75, 3.05) is 6.61 Å². The minimum atomic E-state index is -1.71. The Labute approximate surface area is 126 Å². The van der Waals surface area contributed by atoms with Gasteiger partial charge in [-0.25, -0.2) is 4.79 Å². The normalized spacial score (nSPS) is 12.6. The van der Waals surface area contributed by atoms with E-state index in [2.05, 4.69) is 37.2 Å². The van der Waals surface area contributed by atoms with E-state index < -0.39 is 20.4 Å². The minimum Gasteiger partial charge on any atom is -0.450 e. The molecular formula is C11H12Br2N2O4. The lowest BCUT2D eigenvalue weighted by Gasteiger charge is -2.24. The van der Waals surface area contributed by atoms with E-state index in [0.717, 1.165) is 0 Å². The number of halogens is 2. The quantitative estimate of drug-likeness (QED) is 0.359. The van der Waals surface area contributed by atoms with Crippen LogP contribution >= 0.6 is 31.9 Å². The number of alkyl halides is 2. The zero-order valence-electron chi connectivity index (χ0n) is 10.0. The summed E-state index contributed by atoms with van der Waals surface area (Å²) >= 11 is 5.95. The molecule has 1 rings (SSSR count). The molecule has 0 aromatic heterocycles. The maximum atomic E-state index is 11.5. The molecule has 0 heterocycles. The number of ether oxygens (including phenoxy) is 1. The Morgan fingerprint density at radius 3 is 2.53 bits per heavy atom. The van der Waals surface area contributed by atoms with Crippen LogP contribution in [-0.4, -0.2) is 21.0 Å². The van der Waals surface area contributed by atoms with E-state index in [1.54, 1.807) is 37.3 Å². The van der Waals surface area contributed by atoms with E-state index in [-0.39, 0.29) is 6.61 Å².